The molecule has 3 rings (SSSR count). The highest BCUT2D eigenvalue weighted by atomic mass is 14.1. The Morgan fingerprint density at radius 2 is 1.08 bits per heavy atom. The molecule has 0 amide bonds. The minimum atomic E-state index is 0.381. The lowest BCUT2D eigenvalue weighted by Crippen LogP contribution is -1.93. The van der Waals surface area contributed by atoms with E-state index in [1.165, 1.54) is 16.7 Å². The fourth-order valence-corrected chi connectivity index (χ4v) is 2.73. The molecular formula is C24H22. The molecule has 0 aliphatic rings. The van der Waals surface area contributed by atoms with Gasteiger partial charge in [0.25, 0.3) is 0 Å². The molecule has 3 aromatic rings. The first-order valence-electron chi connectivity index (χ1n) is 8.41. The third-order valence-corrected chi connectivity index (χ3v) is 4.05. The van der Waals surface area contributed by atoms with Crippen LogP contribution in [0.25, 0.3) is 12.2 Å². The summed E-state index contributed by atoms with van der Waals surface area (Å²) >= 11 is 0. The molecule has 24 heavy (non-hydrogen) atoms. The van der Waals surface area contributed by atoms with Gasteiger partial charge in [-0.3, -0.25) is 0 Å². The second-order valence-electron chi connectivity index (χ2n) is 5.84. The molecule has 1 atom stereocenters. The molecule has 3 aromatic carbocycles. The quantitative estimate of drug-likeness (QED) is 0.482. The van der Waals surface area contributed by atoms with Crippen LogP contribution >= 0.6 is 0 Å². The topological polar surface area (TPSA) is 0 Å². The summed E-state index contributed by atoms with van der Waals surface area (Å²) in [6.45, 7) is 0. The minimum absolute atomic E-state index is 0.381. The maximum Gasteiger partial charge on any atom is 0.00559 e. The molecule has 0 aliphatic heterocycles. The van der Waals surface area contributed by atoms with Crippen molar-refractivity contribution in [3.05, 3.63) is 120 Å². The summed E-state index contributed by atoms with van der Waals surface area (Å²) in [5.41, 5.74) is 3.84. The van der Waals surface area contributed by atoms with E-state index < -0.39 is 0 Å². The lowest BCUT2D eigenvalue weighted by atomic mass is 9.94. The van der Waals surface area contributed by atoms with Gasteiger partial charge < -0.3 is 0 Å². The monoisotopic (exact) mass is 310 g/mol. The number of rotatable bonds is 6. The van der Waals surface area contributed by atoms with Crippen molar-refractivity contribution in [2.75, 3.05) is 0 Å². The van der Waals surface area contributed by atoms with E-state index in [9.17, 15) is 0 Å². The van der Waals surface area contributed by atoms with E-state index in [4.69, 9.17) is 0 Å². The van der Waals surface area contributed by atoms with E-state index in [-0.39, 0.29) is 0 Å². The van der Waals surface area contributed by atoms with Crippen molar-refractivity contribution < 1.29 is 0 Å². The Morgan fingerprint density at radius 3 is 1.67 bits per heavy atom. The smallest absolute Gasteiger partial charge is 0.00559 e. The molecular weight excluding hydrogens is 288 g/mol. The van der Waals surface area contributed by atoms with Gasteiger partial charge in [0.2, 0.25) is 0 Å². The Balaban J connectivity index is 1.75. The van der Waals surface area contributed by atoms with Gasteiger partial charge in [-0.15, -0.1) is 0 Å². The Kier molecular flexibility index (Phi) is 5.80. The standard InChI is InChI=1S/C24H22/c1-4-11-21(12-5-1)15-10-18-24(23-16-8-3-9-17-23)20-19-22-13-6-2-7-14-22/h1-17,19-20,24H,18H2. The molecule has 0 spiro atoms. The SMILES string of the molecule is C(=Cc1ccccc1)CC(C=Cc1ccccc1)c1ccccc1. The van der Waals surface area contributed by atoms with E-state index in [1.807, 2.05) is 6.07 Å². The van der Waals surface area contributed by atoms with Gasteiger partial charge in [0, 0.05) is 5.92 Å². The number of allylic oxidation sites excluding steroid dienone is 2. The van der Waals surface area contributed by atoms with Gasteiger partial charge in [-0.05, 0) is 23.1 Å². The van der Waals surface area contributed by atoms with Gasteiger partial charge >= 0.3 is 0 Å². The number of benzene rings is 3. The molecule has 1 unspecified atom stereocenters. The van der Waals surface area contributed by atoms with Crippen LogP contribution in [-0.4, -0.2) is 0 Å². The summed E-state index contributed by atoms with van der Waals surface area (Å²) in [6.07, 6.45) is 9.98. The Labute approximate surface area is 144 Å². The maximum atomic E-state index is 2.31. The van der Waals surface area contributed by atoms with E-state index in [1.54, 1.807) is 0 Å². The number of hydrogen-bond donors (Lipinski definition) is 0. The van der Waals surface area contributed by atoms with Crippen LogP contribution in [0.15, 0.2) is 103 Å². The maximum absolute atomic E-state index is 2.31. The predicted octanol–water partition coefficient (Wildman–Crippen LogP) is 6.59. The van der Waals surface area contributed by atoms with Crippen molar-refractivity contribution in [2.45, 2.75) is 12.3 Å². The van der Waals surface area contributed by atoms with E-state index in [2.05, 4.69) is 109 Å². The van der Waals surface area contributed by atoms with Gasteiger partial charge in [0.05, 0.1) is 0 Å². The first-order valence-corrected chi connectivity index (χ1v) is 8.41. The van der Waals surface area contributed by atoms with Gasteiger partial charge in [-0.25, -0.2) is 0 Å². The molecule has 0 heterocycles. The second kappa shape index (κ2) is 8.69. The molecule has 0 nitrogen and oxygen atoms in total. The second-order valence-corrected chi connectivity index (χ2v) is 5.84. The highest BCUT2D eigenvalue weighted by Crippen LogP contribution is 2.23. The van der Waals surface area contributed by atoms with Crippen LogP contribution in [0.1, 0.15) is 29.0 Å². The Morgan fingerprint density at radius 1 is 0.583 bits per heavy atom. The highest BCUT2D eigenvalue weighted by molar-refractivity contribution is 5.52. The number of hydrogen-bond acceptors (Lipinski definition) is 0. The largest absolute Gasteiger partial charge is 0.0830 e. The molecule has 0 saturated heterocycles. The molecule has 118 valence electrons. The van der Waals surface area contributed by atoms with E-state index in [0.29, 0.717) is 5.92 Å². The van der Waals surface area contributed by atoms with Crippen LogP contribution in [0, 0.1) is 0 Å². The van der Waals surface area contributed by atoms with Gasteiger partial charge in [-0.1, -0.05) is 115 Å². The molecule has 0 radical (unpaired) electrons. The van der Waals surface area contributed by atoms with Crippen molar-refractivity contribution >= 4 is 12.2 Å². The molecule has 0 fully saturated rings. The third-order valence-electron chi connectivity index (χ3n) is 4.05. The zero-order valence-corrected chi connectivity index (χ0v) is 13.8. The zero-order chi connectivity index (χ0) is 16.5. The van der Waals surface area contributed by atoms with E-state index in [0.717, 1.165) is 6.42 Å². The first-order chi connectivity index (χ1) is 11.9. The predicted molar refractivity (Wildman–Crippen MR) is 105 cm³/mol. The van der Waals surface area contributed by atoms with Crippen LogP contribution in [0.5, 0.6) is 0 Å². The van der Waals surface area contributed by atoms with Gasteiger partial charge in [-0.2, -0.15) is 0 Å². The van der Waals surface area contributed by atoms with Crippen LogP contribution in [0.2, 0.25) is 0 Å². The summed E-state index contributed by atoms with van der Waals surface area (Å²) in [5, 5.41) is 0. The van der Waals surface area contributed by atoms with Gasteiger partial charge in [0.1, 0.15) is 0 Å². The summed E-state index contributed by atoms with van der Waals surface area (Å²) in [4.78, 5) is 0. The molecule has 0 bridgehead atoms. The average molecular weight is 310 g/mol. The average Bonchev–Trinajstić information content (AvgIpc) is 2.67. The van der Waals surface area contributed by atoms with Crippen molar-refractivity contribution in [3.63, 3.8) is 0 Å². The molecule has 0 heteroatoms. The van der Waals surface area contributed by atoms with Crippen LogP contribution < -0.4 is 0 Å². The van der Waals surface area contributed by atoms with Crippen LogP contribution in [-0.2, 0) is 0 Å². The summed E-state index contributed by atoms with van der Waals surface area (Å²) < 4.78 is 0. The molecule has 0 saturated carbocycles. The molecule has 0 aliphatic carbocycles. The van der Waals surface area contributed by atoms with Crippen molar-refractivity contribution in [1.82, 2.24) is 0 Å². The fraction of sp³-hybridized carbons (Fsp3) is 0.0833. The Bertz CT molecular complexity index is 768. The Hall–Kier alpha value is -2.86. The minimum Gasteiger partial charge on any atom is -0.0830 e. The van der Waals surface area contributed by atoms with Gasteiger partial charge in [0.15, 0.2) is 0 Å². The van der Waals surface area contributed by atoms with Crippen molar-refractivity contribution in [2.24, 2.45) is 0 Å². The summed E-state index contributed by atoms with van der Waals surface area (Å²) in [5.74, 6) is 0.381. The normalized spacial score (nSPS) is 12.7. The van der Waals surface area contributed by atoms with Crippen LogP contribution in [0.4, 0.5) is 0 Å². The summed E-state index contributed by atoms with van der Waals surface area (Å²) in [6, 6.07) is 31.6. The van der Waals surface area contributed by atoms with E-state index >= 15 is 0 Å². The first kappa shape index (κ1) is 16.0. The lowest BCUT2D eigenvalue weighted by molar-refractivity contribution is 0.870. The summed E-state index contributed by atoms with van der Waals surface area (Å²) in [7, 11) is 0. The van der Waals surface area contributed by atoms with Crippen LogP contribution in [0.3, 0.4) is 0 Å². The third kappa shape index (κ3) is 4.82. The molecule has 0 aromatic heterocycles. The molecule has 0 N–H and O–H groups in total. The highest BCUT2D eigenvalue weighted by Gasteiger charge is 2.05. The van der Waals surface area contributed by atoms with Crippen molar-refractivity contribution in [1.29, 1.82) is 0 Å². The fourth-order valence-electron chi connectivity index (χ4n) is 2.73. The zero-order valence-electron chi connectivity index (χ0n) is 13.8. The van der Waals surface area contributed by atoms with Crippen molar-refractivity contribution in [3.8, 4) is 0 Å². The lowest BCUT2D eigenvalue weighted by Gasteiger charge is -2.11.